The van der Waals surface area contributed by atoms with Crippen LogP contribution in [0.25, 0.3) is 0 Å². The van der Waals surface area contributed by atoms with Crippen molar-refractivity contribution >= 4 is 5.91 Å². The van der Waals surface area contributed by atoms with Crippen LogP contribution in [0.3, 0.4) is 0 Å². The maximum absolute atomic E-state index is 12.6. The average molecular weight is 315 g/mol. The van der Waals surface area contributed by atoms with Crippen molar-refractivity contribution in [3.63, 3.8) is 0 Å². The first-order chi connectivity index (χ1) is 10.7. The van der Waals surface area contributed by atoms with Gasteiger partial charge in [-0.2, -0.15) is 0 Å². The van der Waals surface area contributed by atoms with Gasteiger partial charge in [0.1, 0.15) is 0 Å². The number of hydrogen-bond acceptors (Lipinski definition) is 2. The summed E-state index contributed by atoms with van der Waals surface area (Å²) < 4.78 is 0. The minimum Gasteiger partial charge on any atom is -0.390 e. The number of nitrogens with one attached hydrogen (secondary N) is 1. The molecule has 2 bridgehead atoms. The predicted molar refractivity (Wildman–Crippen MR) is 92.0 cm³/mol. The molecule has 1 aromatic carbocycles. The molecule has 23 heavy (non-hydrogen) atoms. The van der Waals surface area contributed by atoms with Crippen LogP contribution in [0.4, 0.5) is 0 Å². The lowest BCUT2D eigenvalue weighted by atomic mass is 9.46. The van der Waals surface area contributed by atoms with E-state index in [0.29, 0.717) is 0 Å². The van der Waals surface area contributed by atoms with Crippen molar-refractivity contribution in [1.29, 1.82) is 0 Å². The quantitative estimate of drug-likeness (QED) is 0.880. The summed E-state index contributed by atoms with van der Waals surface area (Å²) in [5.74, 6) is 0.492. The van der Waals surface area contributed by atoms with Crippen molar-refractivity contribution < 1.29 is 9.90 Å². The lowest BCUT2D eigenvalue weighted by Gasteiger charge is -2.59. The zero-order valence-corrected chi connectivity index (χ0v) is 14.7. The van der Waals surface area contributed by atoms with E-state index >= 15 is 0 Å². The third-order valence-corrected chi connectivity index (χ3v) is 6.75. The molecular weight excluding hydrogens is 286 g/mol. The lowest BCUT2D eigenvalue weighted by molar-refractivity contribution is -0.156. The Balaban J connectivity index is 2.09. The number of fused-ring (bicyclic) bond motifs is 2. The summed E-state index contributed by atoms with van der Waals surface area (Å²) in [5, 5.41) is 13.9. The first-order valence-electron chi connectivity index (χ1n) is 8.74. The Morgan fingerprint density at radius 1 is 1.17 bits per heavy atom. The van der Waals surface area contributed by atoms with E-state index in [1.54, 1.807) is 7.05 Å². The van der Waals surface area contributed by atoms with E-state index in [2.05, 4.69) is 43.4 Å². The number of hydrogen-bond donors (Lipinski definition) is 2. The van der Waals surface area contributed by atoms with Gasteiger partial charge in [0.25, 0.3) is 0 Å². The van der Waals surface area contributed by atoms with Crippen molar-refractivity contribution in [3.05, 3.63) is 35.9 Å². The summed E-state index contributed by atoms with van der Waals surface area (Å²) in [6, 6.07) is 10.6. The molecule has 3 rings (SSSR count). The molecule has 0 saturated heterocycles. The van der Waals surface area contributed by atoms with Crippen molar-refractivity contribution in [2.45, 2.75) is 57.5 Å². The normalized spacial score (nSPS) is 43.0. The number of rotatable bonds is 2. The molecule has 2 N–H and O–H groups in total. The van der Waals surface area contributed by atoms with Crippen LogP contribution in [0.1, 0.15) is 52.0 Å². The molecule has 3 nitrogen and oxygen atoms in total. The van der Waals surface area contributed by atoms with Crippen molar-refractivity contribution in [1.82, 2.24) is 5.32 Å². The van der Waals surface area contributed by atoms with E-state index in [4.69, 9.17) is 0 Å². The molecule has 5 unspecified atom stereocenters. The van der Waals surface area contributed by atoms with Gasteiger partial charge in [-0.3, -0.25) is 4.79 Å². The third-order valence-electron chi connectivity index (χ3n) is 6.75. The van der Waals surface area contributed by atoms with Gasteiger partial charge in [-0.25, -0.2) is 0 Å². The monoisotopic (exact) mass is 315 g/mol. The largest absolute Gasteiger partial charge is 0.390 e. The fraction of sp³-hybridized carbons (Fsp3) is 0.650. The first kappa shape index (κ1) is 16.5. The highest BCUT2D eigenvalue weighted by Gasteiger charge is 2.59. The molecule has 2 saturated carbocycles. The molecule has 0 spiro atoms. The molecule has 0 radical (unpaired) electrons. The van der Waals surface area contributed by atoms with Crippen LogP contribution in [0, 0.1) is 17.3 Å². The topological polar surface area (TPSA) is 49.3 Å². The number of carbonyl (C=O) groups excluding carboxylic acids is 1. The van der Waals surface area contributed by atoms with E-state index in [-0.39, 0.29) is 23.2 Å². The summed E-state index contributed by atoms with van der Waals surface area (Å²) in [6.07, 6.45) is 3.53. The fourth-order valence-electron chi connectivity index (χ4n) is 5.35. The van der Waals surface area contributed by atoms with Crippen LogP contribution in [0.2, 0.25) is 0 Å². The summed E-state index contributed by atoms with van der Waals surface area (Å²) in [7, 11) is 1.72. The van der Waals surface area contributed by atoms with E-state index in [9.17, 15) is 9.90 Å². The standard InChI is InChI=1S/C20H29NO2/c1-14-10-20(15-8-6-5-7-9-15)12-16(19(14,3)23)11-18(2,13-20)17(22)21-4/h5-9,14,16,23H,10-13H2,1-4H3,(H,21,22). The summed E-state index contributed by atoms with van der Waals surface area (Å²) >= 11 is 0. The number of benzene rings is 1. The predicted octanol–water partition coefficient (Wildman–Crippen LogP) is 3.27. The third kappa shape index (κ3) is 2.50. The zero-order valence-electron chi connectivity index (χ0n) is 14.7. The Hall–Kier alpha value is -1.35. The number of aliphatic hydroxyl groups is 1. The van der Waals surface area contributed by atoms with Crippen LogP contribution in [0.15, 0.2) is 30.3 Å². The summed E-state index contributed by atoms with van der Waals surface area (Å²) in [6.45, 7) is 6.20. The molecule has 126 valence electrons. The van der Waals surface area contributed by atoms with Gasteiger partial charge in [-0.05, 0) is 55.4 Å². The maximum atomic E-state index is 12.6. The lowest BCUT2D eigenvalue weighted by Crippen LogP contribution is -2.60. The van der Waals surface area contributed by atoms with E-state index < -0.39 is 11.0 Å². The van der Waals surface area contributed by atoms with Gasteiger partial charge in [0, 0.05) is 12.5 Å². The molecule has 3 heteroatoms. The van der Waals surface area contributed by atoms with Crippen molar-refractivity contribution in [2.24, 2.45) is 17.3 Å². The average Bonchev–Trinajstić information content (AvgIpc) is 2.53. The molecule has 2 aliphatic rings. The van der Waals surface area contributed by atoms with Gasteiger partial charge in [0.05, 0.1) is 5.60 Å². The highest BCUT2D eigenvalue weighted by atomic mass is 16.3. The van der Waals surface area contributed by atoms with Crippen LogP contribution in [-0.4, -0.2) is 23.7 Å². The van der Waals surface area contributed by atoms with Crippen LogP contribution in [-0.2, 0) is 10.2 Å². The molecule has 1 aromatic rings. The molecule has 0 aromatic heterocycles. The molecule has 2 fully saturated rings. The van der Waals surface area contributed by atoms with Crippen LogP contribution >= 0.6 is 0 Å². The minimum atomic E-state index is -0.700. The van der Waals surface area contributed by atoms with Gasteiger partial charge < -0.3 is 10.4 Å². The number of carbonyl (C=O) groups is 1. The van der Waals surface area contributed by atoms with Gasteiger partial charge in [0.15, 0.2) is 0 Å². The Labute approximate surface area is 139 Å². The molecule has 0 aliphatic heterocycles. The Kier molecular flexibility index (Phi) is 3.83. The fourth-order valence-corrected chi connectivity index (χ4v) is 5.35. The maximum Gasteiger partial charge on any atom is 0.225 e. The van der Waals surface area contributed by atoms with E-state index in [1.807, 2.05) is 13.0 Å². The second-order valence-electron chi connectivity index (χ2n) is 8.40. The Bertz CT molecular complexity index is 593. The molecule has 5 atom stereocenters. The summed E-state index contributed by atoms with van der Waals surface area (Å²) in [5.41, 5.74) is 0.195. The van der Waals surface area contributed by atoms with E-state index in [0.717, 1.165) is 25.7 Å². The van der Waals surface area contributed by atoms with Crippen LogP contribution in [0.5, 0.6) is 0 Å². The van der Waals surface area contributed by atoms with Gasteiger partial charge >= 0.3 is 0 Å². The molecule has 1 amide bonds. The van der Waals surface area contributed by atoms with Crippen molar-refractivity contribution in [3.8, 4) is 0 Å². The van der Waals surface area contributed by atoms with Gasteiger partial charge in [0.2, 0.25) is 5.91 Å². The Morgan fingerprint density at radius 2 is 1.83 bits per heavy atom. The van der Waals surface area contributed by atoms with Crippen molar-refractivity contribution in [2.75, 3.05) is 7.05 Å². The van der Waals surface area contributed by atoms with E-state index in [1.165, 1.54) is 5.56 Å². The highest BCUT2D eigenvalue weighted by Crippen LogP contribution is 2.60. The Morgan fingerprint density at radius 3 is 2.43 bits per heavy atom. The minimum absolute atomic E-state index is 0.00685. The second-order valence-corrected chi connectivity index (χ2v) is 8.40. The van der Waals surface area contributed by atoms with Gasteiger partial charge in [-0.15, -0.1) is 0 Å². The van der Waals surface area contributed by atoms with Crippen LogP contribution < -0.4 is 5.32 Å². The van der Waals surface area contributed by atoms with Gasteiger partial charge in [-0.1, -0.05) is 44.2 Å². The molecular formula is C20H29NO2. The first-order valence-corrected chi connectivity index (χ1v) is 8.74. The summed E-state index contributed by atoms with van der Waals surface area (Å²) in [4.78, 5) is 12.6. The molecule has 0 heterocycles. The smallest absolute Gasteiger partial charge is 0.225 e. The second kappa shape index (κ2) is 5.34. The SMILES string of the molecule is CNC(=O)C1(C)CC2CC(c3ccccc3)(CC(C)C2(C)O)C1. The zero-order chi connectivity index (χ0) is 16.9. The molecule has 2 aliphatic carbocycles. The highest BCUT2D eigenvalue weighted by molar-refractivity contribution is 5.82. The number of amides is 1.